The zero-order valence-electron chi connectivity index (χ0n) is 20.8. The maximum atomic E-state index is 14.9. The molecule has 0 aliphatic heterocycles. The molecule has 2 aromatic carbocycles. The van der Waals surface area contributed by atoms with Crippen molar-refractivity contribution in [3.8, 4) is 0 Å². The van der Waals surface area contributed by atoms with Gasteiger partial charge >= 0.3 is 0 Å². The molecule has 34 heavy (non-hydrogen) atoms. The highest BCUT2D eigenvalue weighted by Gasteiger charge is 2.26. The van der Waals surface area contributed by atoms with Gasteiger partial charge in [0.05, 0.1) is 0 Å². The van der Waals surface area contributed by atoms with E-state index in [0.717, 1.165) is 68.4 Å². The van der Waals surface area contributed by atoms with Crippen LogP contribution in [0.15, 0.2) is 36.4 Å². The number of hydrogen-bond donors (Lipinski definition) is 0. The van der Waals surface area contributed by atoms with E-state index >= 15 is 0 Å². The second-order valence-electron chi connectivity index (χ2n) is 10.6. The molecule has 2 aliphatic rings. The highest BCUT2D eigenvalue weighted by atomic mass is 19.2. The first-order chi connectivity index (χ1) is 16.5. The van der Waals surface area contributed by atoms with E-state index in [9.17, 15) is 13.2 Å². The lowest BCUT2D eigenvalue weighted by Crippen LogP contribution is -2.15. The fourth-order valence-electron chi connectivity index (χ4n) is 6.18. The minimum Gasteiger partial charge on any atom is -0.207 e. The maximum absolute atomic E-state index is 14.9. The van der Waals surface area contributed by atoms with Crippen LogP contribution in [0.5, 0.6) is 0 Å². The molecule has 0 unspecified atom stereocenters. The molecule has 0 heterocycles. The Bertz CT molecular complexity index is 976. The summed E-state index contributed by atoms with van der Waals surface area (Å²) >= 11 is 0. The summed E-state index contributed by atoms with van der Waals surface area (Å²) in [5, 5.41) is 0. The van der Waals surface area contributed by atoms with Gasteiger partial charge in [-0.2, -0.15) is 0 Å². The van der Waals surface area contributed by atoms with Gasteiger partial charge in [0.1, 0.15) is 5.82 Å². The molecule has 0 bridgehead atoms. The summed E-state index contributed by atoms with van der Waals surface area (Å²) in [6.07, 6.45) is 15.1. The summed E-state index contributed by atoms with van der Waals surface area (Å²) in [5.41, 5.74) is 2.76. The molecule has 0 saturated heterocycles. The van der Waals surface area contributed by atoms with Gasteiger partial charge in [-0.25, -0.2) is 13.2 Å². The third-order valence-electron chi connectivity index (χ3n) is 8.37. The smallest absolute Gasteiger partial charge is 0.166 e. The summed E-state index contributed by atoms with van der Waals surface area (Å²) in [7, 11) is 0. The maximum Gasteiger partial charge on any atom is 0.166 e. The van der Waals surface area contributed by atoms with Crippen molar-refractivity contribution in [2.24, 2.45) is 11.8 Å². The van der Waals surface area contributed by atoms with Gasteiger partial charge < -0.3 is 0 Å². The van der Waals surface area contributed by atoms with Gasteiger partial charge in [0.25, 0.3) is 0 Å². The van der Waals surface area contributed by atoms with Crippen LogP contribution in [-0.2, 0) is 6.42 Å². The van der Waals surface area contributed by atoms with Crippen molar-refractivity contribution < 1.29 is 13.2 Å². The summed E-state index contributed by atoms with van der Waals surface area (Å²) in [4.78, 5) is 0. The van der Waals surface area contributed by atoms with E-state index in [-0.39, 0.29) is 11.7 Å². The molecule has 4 rings (SSSR count). The van der Waals surface area contributed by atoms with E-state index < -0.39 is 11.6 Å². The van der Waals surface area contributed by atoms with Gasteiger partial charge in [-0.05, 0) is 104 Å². The van der Waals surface area contributed by atoms with Crippen LogP contribution in [0.3, 0.4) is 0 Å². The first-order valence-corrected chi connectivity index (χ1v) is 13.4. The van der Waals surface area contributed by atoms with Crippen LogP contribution in [0.2, 0.25) is 0 Å². The number of aryl methyl sites for hydroxylation is 1. The molecular formula is C31H39F3. The Morgan fingerprint density at radius 2 is 1.50 bits per heavy atom. The van der Waals surface area contributed by atoms with Crippen LogP contribution in [0.25, 0.3) is 6.08 Å². The molecule has 184 valence electrons. The quantitative estimate of drug-likeness (QED) is 0.379. The Balaban J connectivity index is 1.34. The molecule has 0 atom stereocenters. The molecule has 0 nitrogen and oxygen atoms in total. The topological polar surface area (TPSA) is 0 Å². The molecule has 0 radical (unpaired) electrons. The van der Waals surface area contributed by atoms with Crippen molar-refractivity contribution in [2.75, 3.05) is 0 Å². The largest absolute Gasteiger partial charge is 0.207 e. The second-order valence-corrected chi connectivity index (χ2v) is 10.6. The molecule has 2 aliphatic carbocycles. The van der Waals surface area contributed by atoms with E-state index in [1.807, 2.05) is 25.1 Å². The van der Waals surface area contributed by atoms with Gasteiger partial charge in [-0.3, -0.25) is 0 Å². The molecule has 0 N–H and O–H groups in total. The van der Waals surface area contributed by atoms with Crippen LogP contribution in [0, 0.1) is 29.3 Å². The molecule has 0 amide bonds. The minimum absolute atomic E-state index is 0.100. The van der Waals surface area contributed by atoms with E-state index in [4.69, 9.17) is 0 Å². The number of benzene rings is 2. The molecule has 2 saturated carbocycles. The van der Waals surface area contributed by atoms with E-state index in [1.54, 1.807) is 18.2 Å². The average Bonchev–Trinajstić information content (AvgIpc) is 2.86. The Morgan fingerprint density at radius 1 is 0.794 bits per heavy atom. The van der Waals surface area contributed by atoms with Gasteiger partial charge in [-0.15, -0.1) is 0 Å². The van der Waals surface area contributed by atoms with Crippen molar-refractivity contribution in [1.82, 2.24) is 0 Å². The zero-order chi connectivity index (χ0) is 24.1. The lowest BCUT2D eigenvalue weighted by molar-refractivity contribution is 0.303. The van der Waals surface area contributed by atoms with Crippen molar-refractivity contribution in [3.63, 3.8) is 0 Å². The second kappa shape index (κ2) is 11.6. The van der Waals surface area contributed by atoms with Crippen LogP contribution < -0.4 is 0 Å². The fraction of sp³-hybridized carbons (Fsp3) is 0.548. The van der Waals surface area contributed by atoms with Crippen molar-refractivity contribution >= 4 is 6.08 Å². The first-order valence-electron chi connectivity index (χ1n) is 13.4. The van der Waals surface area contributed by atoms with Crippen molar-refractivity contribution in [2.45, 2.75) is 96.3 Å². The highest BCUT2D eigenvalue weighted by molar-refractivity contribution is 5.52. The summed E-state index contributed by atoms with van der Waals surface area (Å²) in [5.74, 6) is 0.176. The van der Waals surface area contributed by atoms with Crippen LogP contribution in [0.1, 0.15) is 112 Å². The van der Waals surface area contributed by atoms with Gasteiger partial charge in [0, 0.05) is 5.56 Å². The van der Waals surface area contributed by atoms with Crippen LogP contribution in [0.4, 0.5) is 13.2 Å². The summed E-state index contributed by atoms with van der Waals surface area (Å²) in [6.45, 7) is 4.18. The lowest BCUT2D eigenvalue weighted by atomic mass is 9.77. The number of rotatable bonds is 7. The zero-order valence-corrected chi connectivity index (χ0v) is 20.8. The van der Waals surface area contributed by atoms with E-state index in [1.165, 1.54) is 12.8 Å². The van der Waals surface area contributed by atoms with Gasteiger partial charge in [0.15, 0.2) is 11.6 Å². The van der Waals surface area contributed by atoms with Crippen molar-refractivity contribution in [3.05, 3.63) is 76.1 Å². The fourth-order valence-corrected chi connectivity index (χ4v) is 6.18. The first kappa shape index (κ1) is 25.1. The Labute approximate surface area is 203 Å². The molecule has 3 heteroatoms. The SMILES string of the molecule is CCCC1CCC(c2ccc(/C=C/C3CCC(c4ccc(CC)c(F)c4)CC3)c(F)c2F)CC1. The monoisotopic (exact) mass is 468 g/mol. The number of hydrogen-bond acceptors (Lipinski definition) is 0. The minimum atomic E-state index is -0.704. The Morgan fingerprint density at radius 3 is 2.15 bits per heavy atom. The summed E-state index contributed by atoms with van der Waals surface area (Å²) < 4.78 is 44.0. The third-order valence-corrected chi connectivity index (χ3v) is 8.37. The molecule has 0 aromatic heterocycles. The molecular weight excluding hydrogens is 429 g/mol. The van der Waals surface area contributed by atoms with Gasteiger partial charge in [0.2, 0.25) is 0 Å². The van der Waals surface area contributed by atoms with Crippen LogP contribution >= 0.6 is 0 Å². The van der Waals surface area contributed by atoms with E-state index in [2.05, 4.69) is 13.0 Å². The predicted molar refractivity (Wildman–Crippen MR) is 135 cm³/mol. The average molecular weight is 469 g/mol. The molecule has 2 fully saturated rings. The predicted octanol–water partition coefficient (Wildman–Crippen LogP) is 9.73. The third kappa shape index (κ3) is 5.78. The number of allylic oxidation sites excluding steroid dienone is 1. The summed E-state index contributed by atoms with van der Waals surface area (Å²) in [6, 6.07) is 9.25. The molecule has 0 spiro atoms. The van der Waals surface area contributed by atoms with Crippen LogP contribution in [-0.4, -0.2) is 0 Å². The molecule has 2 aromatic rings. The Hall–Kier alpha value is -2.03. The normalized spacial score (nSPS) is 25.7. The van der Waals surface area contributed by atoms with Crippen molar-refractivity contribution in [1.29, 1.82) is 0 Å². The lowest BCUT2D eigenvalue weighted by Gasteiger charge is -2.29. The highest BCUT2D eigenvalue weighted by Crippen LogP contribution is 2.40. The number of halogens is 3. The van der Waals surface area contributed by atoms with E-state index in [0.29, 0.717) is 29.4 Å². The van der Waals surface area contributed by atoms with Gasteiger partial charge in [-0.1, -0.05) is 63.1 Å². The Kier molecular flexibility index (Phi) is 8.55. The standard InChI is InChI=1S/C31H39F3/c1-3-5-21-8-13-25(14-9-21)28-19-18-26(30(33)31(28)34)15-10-22-6-11-24(12-7-22)27-17-16-23(4-2)29(32)20-27/h10,15-22,24-25H,3-9,11-14H2,1-2H3/b15-10+.